The summed E-state index contributed by atoms with van der Waals surface area (Å²) >= 11 is 3.34. The summed E-state index contributed by atoms with van der Waals surface area (Å²) < 4.78 is 14.1. The van der Waals surface area contributed by atoms with Gasteiger partial charge in [-0.25, -0.2) is 4.39 Å². The zero-order chi connectivity index (χ0) is 10.9. The molecule has 1 nitrogen and oxygen atoms in total. The first-order chi connectivity index (χ1) is 7.16. The maximum Gasteiger partial charge on any atom is 0.124 e. The van der Waals surface area contributed by atoms with Crippen LogP contribution in [0.2, 0.25) is 0 Å². The van der Waals surface area contributed by atoms with Gasteiger partial charge in [0.1, 0.15) is 5.82 Å². The van der Waals surface area contributed by atoms with Gasteiger partial charge in [0.15, 0.2) is 0 Å². The molecule has 0 atom stereocenters. The van der Waals surface area contributed by atoms with Crippen molar-refractivity contribution in [3.8, 4) is 0 Å². The molecule has 1 aliphatic carbocycles. The van der Waals surface area contributed by atoms with Crippen LogP contribution in [-0.2, 0) is 5.41 Å². The third-order valence-corrected chi connectivity index (χ3v) is 3.87. The fraction of sp³-hybridized carbons (Fsp3) is 0.500. The predicted molar refractivity (Wildman–Crippen MR) is 63.3 cm³/mol. The van der Waals surface area contributed by atoms with Crippen LogP contribution in [0.25, 0.3) is 0 Å². The minimum Gasteiger partial charge on any atom is -0.330 e. The molecule has 0 aromatic heterocycles. The lowest BCUT2D eigenvalue weighted by atomic mass is 9.62. The van der Waals surface area contributed by atoms with E-state index in [2.05, 4.69) is 15.9 Å². The molecule has 0 spiro atoms. The van der Waals surface area contributed by atoms with E-state index >= 15 is 0 Å². The van der Waals surface area contributed by atoms with Crippen LogP contribution in [0.1, 0.15) is 31.2 Å². The van der Waals surface area contributed by atoms with Crippen LogP contribution in [-0.4, -0.2) is 6.54 Å². The second-order valence-corrected chi connectivity index (χ2v) is 5.25. The van der Waals surface area contributed by atoms with Crippen LogP contribution in [0.15, 0.2) is 22.7 Å². The van der Waals surface area contributed by atoms with Gasteiger partial charge in [-0.3, -0.25) is 0 Å². The summed E-state index contributed by atoms with van der Waals surface area (Å²) in [7, 11) is 0. The lowest BCUT2D eigenvalue weighted by molar-refractivity contribution is 0.228. The molecular weight excluding hydrogens is 257 g/mol. The van der Waals surface area contributed by atoms with E-state index < -0.39 is 0 Å². The number of nitrogens with two attached hydrogens (primary N) is 1. The average Bonchev–Trinajstić information content (AvgIpc) is 2.09. The molecule has 0 radical (unpaired) electrons. The quantitative estimate of drug-likeness (QED) is 0.897. The Kier molecular flexibility index (Phi) is 3.12. The molecule has 0 unspecified atom stereocenters. The van der Waals surface area contributed by atoms with Gasteiger partial charge in [0.25, 0.3) is 0 Å². The maximum atomic E-state index is 13.3. The van der Waals surface area contributed by atoms with Crippen molar-refractivity contribution in [2.45, 2.75) is 31.1 Å². The van der Waals surface area contributed by atoms with Crippen LogP contribution in [0, 0.1) is 5.82 Å². The van der Waals surface area contributed by atoms with Crippen molar-refractivity contribution in [3.63, 3.8) is 0 Å². The minimum atomic E-state index is -0.164. The molecule has 1 saturated carbocycles. The van der Waals surface area contributed by atoms with Crippen LogP contribution in [0.4, 0.5) is 4.39 Å². The molecular formula is C12H15BrFN. The van der Waals surface area contributed by atoms with Gasteiger partial charge in [-0.2, -0.15) is 0 Å². The Labute approximate surface area is 98.0 Å². The van der Waals surface area contributed by atoms with Gasteiger partial charge in [-0.1, -0.05) is 22.4 Å². The summed E-state index contributed by atoms with van der Waals surface area (Å²) in [5.41, 5.74) is 6.89. The number of hydrogen-bond acceptors (Lipinski definition) is 1. The Balaban J connectivity index is 2.34. The van der Waals surface area contributed by atoms with Crippen LogP contribution >= 0.6 is 15.9 Å². The molecule has 2 N–H and O–H groups in total. The first kappa shape index (κ1) is 11.1. The molecule has 0 amide bonds. The number of halogens is 2. The molecule has 1 aromatic carbocycles. The maximum absolute atomic E-state index is 13.3. The summed E-state index contributed by atoms with van der Waals surface area (Å²) in [6, 6.07) is 5.18. The smallest absolute Gasteiger partial charge is 0.124 e. The van der Waals surface area contributed by atoms with Crippen molar-refractivity contribution in [2.24, 2.45) is 5.73 Å². The Morgan fingerprint density at radius 2 is 2.07 bits per heavy atom. The molecule has 0 saturated heterocycles. The first-order valence-corrected chi connectivity index (χ1v) is 6.12. The fourth-order valence-corrected chi connectivity index (χ4v) is 2.89. The number of rotatable bonds is 3. The highest BCUT2D eigenvalue weighted by Crippen LogP contribution is 2.46. The second kappa shape index (κ2) is 4.22. The monoisotopic (exact) mass is 271 g/mol. The van der Waals surface area contributed by atoms with Gasteiger partial charge < -0.3 is 5.73 Å². The van der Waals surface area contributed by atoms with Crippen LogP contribution < -0.4 is 5.73 Å². The van der Waals surface area contributed by atoms with Crippen molar-refractivity contribution < 1.29 is 4.39 Å². The summed E-state index contributed by atoms with van der Waals surface area (Å²) in [6.07, 6.45) is 4.47. The first-order valence-electron chi connectivity index (χ1n) is 5.33. The Morgan fingerprint density at radius 3 is 2.53 bits per heavy atom. The fourth-order valence-electron chi connectivity index (χ4n) is 2.42. The highest BCUT2D eigenvalue weighted by Gasteiger charge is 2.38. The van der Waals surface area contributed by atoms with Gasteiger partial charge >= 0.3 is 0 Å². The zero-order valence-electron chi connectivity index (χ0n) is 8.60. The van der Waals surface area contributed by atoms with E-state index in [-0.39, 0.29) is 11.2 Å². The lowest BCUT2D eigenvalue weighted by Gasteiger charge is -2.42. The van der Waals surface area contributed by atoms with Gasteiger partial charge in [0.05, 0.1) is 0 Å². The zero-order valence-corrected chi connectivity index (χ0v) is 10.2. The number of hydrogen-bond donors (Lipinski definition) is 1. The highest BCUT2D eigenvalue weighted by atomic mass is 79.9. The minimum absolute atomic E-state index is 0.152. The summed E-state index contributed by atoms with van der Waals surface area (Å²) in [5.74, 6) is -0.164. The van der Waals surface area contributed by atoms with E-state index in [4.69, 9.17) is 5.73 Å². The number of benzene rings is 1. The average molecular weight is 272 g/mol. The van der Waals surface area contributed by atoms with E-state index in [9.17, 15) is 4.39 Å². The Bertz CT molecular complexity index is 340. The van der Waals surface area contributed by atoms with Crippen molar-refractivity contribution >= 4 is 15.9 Å². The molecule has 3 heteroatoms. The summed E-state index contributed by atoms with van der Waals surface area (Å²) in [6.45, 7) is 0.675. The summed E-state index contributed by atoms with van der Waals surface area (Å²) in [4.78, 5) is 0. The highest BCUT2D eigenvalue weighted by molar-refractivity contribution is 9.10. The van der Waals surface area contributed by atoms with Crippen LogP contribution in [0.5, 0.6) is 0 Å². The van der Waals surface area contributed by atoms with Crippen molar-refractivity contribution in [2.75, 3.05) is 6.54 Å². The topological polar surface area (TPSA) is 26.0 Å². The SMILES string of the molecule is NCCC1(c2cc(F)cc(Br)c2)CCC1. The molecule has 1 aliphatic rings. The van der Waals surface area contributed by atoms with E-state index in [1.165, 1.54) is 12.5 Å². The van der Waals surface area contributed by atoms with Gasteiger partial charge in [0, 0.05) is 4.47 Å². The van der Waals surface area contributed by atoms with E-state index in [0.717, 1.165) is 29.3 Å². The summed E-state index contributed by atoms with van der Waals surface area (Å²) in [5, 5.41) is 0. The largest absolute Gasteiger partial charge is 0.330 e. The Morgan fingerprint density at radius 1 is 1.33 bits per heavy atom. The normalized spacial score (nSPS) is 18.6. The lowest BCUT2D eigenvalue weighted by Crippen LogP contribution is -2.36. The molecule has 2 rings (SSSR count). The molecule has 82 valence electrons. The molecule has 1 aromatic rings. The molecule has 0 heterocycles. The molecule has 0 aliphatic heterocycles. The third kappa shape index (κ3) is 2.08. The molecule has 0 bridgehead atoms. The predicted octanol–water partition coefficient (Wildman–Crippen LogP) is 3.36. The van der Waals surface area contributed by atoms with E-state index in [1.807, 2.05) is 6.07 Å². The standard InChI is InChI=1S/C12H15BrFN/c13-10-6-9(7-11(14)8-10)12(4-5-15)2-1-3-12/h6-8H,1-5,15H2. The second-order valence-electron chi connectivity index (χ2n) is 4.33. The van der Waals surface area contributed by atoms with Crippen molar-refractivity contribution in [1.29, 1.82) is 0 Å². The van der Waals surface area contributed by atoms with Crippen molar-refractivity contribution in [3.05, 3.63) is 34.1 Å². The van der Waals surface area contributed by atoms with Crippen molar-refractivity contribution in [1.82, 2.24) is 0 Å². The molecule has 15 heavy (non-hydrogen) atoms. The third-order valence-electron chi connectivity index (χ3n) is 3.41. The van der Waals surface area contributed by atoms with E-state index in [1.54, 1.807) is 6.07 Å². The van der Waals surface area contributed by atoms with Gasteiger partial charge in [-0.15, -0.1) is 0 Å². The Hall–Kier alpha value is -0.410. The van der Waals surface area contributed by atoms with Gasteiger partial charge in [0.2, 0.25) is 0 Å². The van der Waals surface area contributed by atoms with E-state index in [0.29, 0.717) is 6.54 Å². The van der Waals surface area contributed by atoms with Crippen LogP contribution in [0.3, 0.4) is 0 Å². The molecule has 1 fully saturated rings. The van der Waals surface area contributed by atoms with Gasteiger partial charge in [-0.05, 0) is 55.0 Å².